The smallest absolute Gasteiger partial charge is 0.314 e. The van der Waals surface area contributed by atoms with Crippen LogP contribution in [0.1, 0.15) is 12.8 Å². The second kappa shape index (κ2) is 13.6. The Morgan fingerprint density at radius 3 is 2.33 bits per heavy atom. The minimum atomic E-state index is -1.01. The third-order valence-corrected chi connectivity index (χ3v) is 5.81. The lowest BCUT2D eigenvalue weighted by Gasteiger charge is -2.33. The quantitative estimate of drug-likeness (QED) is 0.449. The van der Waals surface area contributed by atoms with Crippen molar-refractivity contribution in [2.24, 2.45) is 5.92 Å². The number of aromatic nitrogens is 2. The van der Waals surface area contributed by atoms with Gasteiger partial charge in [-0.1, -0.05) is 11.6 Å². The molecule has 13 heteroatoms. The minimum Gasteiger partial charge on any atom is -0.371 e. The normalized spacial score (nSPS) is 14.1. The number of nitrogens with zero attached hydrogens (tertiary/aromatic N) is 4. The van der Waals surface area contributed by atoms with Crippen LogP contribution in [0.3, 0.4) is 0 Å². The number of halogens is 2. The van der Waals surface area contributed by atoms with E-state index in [1.807, 2.05) is 12.1 Å². The van der Waals surface area contributed by atoms with Crippen LogP contribution in [0.5, 0.6) is 0 Å². The molecule has 3 N–H and O–H groups in total. The molecule has 0 bridgehead atoms. The molecule has 1 aliphatic heterocycles. The average Bonchev–Trinajstić information content (AvgIpc) is 2.87. The molecule has 4 amide bonds. The van der Waals surface area contributed by atoms with Gasteiger partial charge < -0.3 is 25.8 Å². The van der Waals surface area contributed by atoms with E-state index in [-0.39, 0.29) is 36.6 Å². The number of piperidine rings is 1. The van der Waals surface area contributed by atoms with Crippen molar-refractivity contribution >= 4 is 59.1 Å². The van der Waals surface area contributed by atoms with Crippen LogP contribution in [0.15, 0.2) is 42.9 Å². The van der Waals surface area contributed by atoms with Crippen LogP contribution >= 0.6 is 24.0 Å². The van der Waals surface area contributed by atoms with E-state index in [0.717, 1.165) is 5.69 Å². The molecule has 1 aliphatic rings. The van der Waals surface area contributed by atoms with Gasteiger partial charge in [-0.2, -0.15) is 0 Å². The largest absolute Gasteiger partial charge is 0.371 e. The lowest BCUT2D eigenvalue weighted by molar-refractivity contribution is -0.138. The summed E-state index contributed by atoms with van der Waals surface area (Å²) in [5, 5.41) is 7.87. The predicted molar refractivity (Wildman–Crippen MR) is 138 cm³/mol. The van der Waals surface area contributed by atoms with Gasteiger partial charge in [0.25, 0.3) is 0 Å². The van der Waals surface area contributed by atoms with Crippen LogP contribution in [0.2, 0.25) is 5.02 Å². The molecule has 0 unspecified atom stereocenters. The van der Waals surface area contributed by atoms with Crippen LogP contribution in [0, 0.1) is 5.92 Å². The highest BCUT2D eigenvalue weighted by Crippen LogP contribution is 2.23. The molecule has 1 atom stereocenters. The maximum atomic E-state index is 12.9. The van der Waals surface area contributed by atoms with E-state index < -0.39 is 23.8 Å². The molecule has 3 rings (SSSR count). The number of pyridine rings is 2. The number of carbonyl (C=O) groups is 4. The fraction of sp³-hybridized carbons (Fsp3) is 0.391. The van der Waals surface area contributed by atoms with Crippen molar-refractivity contribution in [3.8, 4) is 0 Å². The lowest BCUT2D eigenvalue weighted by atomic mass is 9.95. The Balaban J connectivity index is 0.00000456. The third kappa shape index (κ3) is 8.06. The highest BCUT2D eigenvalue weighted by atomic mass is 35.5. The Bertz CT molecular complexity index is 1050. The van der Waals surface area contributed by atoms with Gasteiger partial charge in [-0.25, -0.2) is 4.98 Å². The van der Waals surface area contributed by atoms with Crippen molar-refractivity contribution in [2.75, 3.05) is 43.9 Å². The third-order valence-electron chi connectivity index (χ3n) is 5.59. The zero-order chi connectivity index (χ0) is 25.4. The van der Waals surface area contributed by atoms with Crippen LogP contribution < -0.4 is 20.9 Å². The molecule has 1 fully saturated rings. The van der Waals surface area contributed by atoms with Gasteiger partial charge in [0.15, 0.2) is 0 Å². The molecule has 3 heterocycles. The second-order valence-corrected chi connectivity index (χ2v) is 8.72. The summed E-state index contributed by atoms with van der Waals surface area (Å²) >= 11 is 5.75. The van der Waals surface area contributed by atoms with Gasteiger partial charge in [0.05, 0.1) is 5.02 Å². The molecule has 1 saturated heterocycles. The van der Waals surface area contributed by atoms with E-state index in [0.29, 0.717) is 31.0 Å². The highest BCUT2D eigenvalue weighted by molar-refractivity contribution is 6.39. The standard InChI is InChI=1S/C23H28ClN7O4.ClH/c1-30(2)23(35)18(14-27-21(33)22(34)29-19-4-3-16(24)13-26-19)28-20(32)15-7-11-31(12-8-15)17-5-9-25-10-6-17;/h3-6,9-10,13,15,18H,7-8,11-12,14H2,1-2H3,(H,27,33)(H,28,32)(H,26,29,34);1H/t18-;/m0./s1. The zero-order valence-electron chi connectivity index (χ0n) is 19.9. The van der Waals surface area contributed by atoms with Crippen LogP contribution in [0.4, 0.5) is 11.5 Å². The summed E-state index contributed by atoms with van der Waals surface area (Å²) in [6.45, 7) is 1.16. The summed E-state index contributed by atoms with van der Waals surface area (Å²) < 4.78 is 0. The number of nitrogens with one attached hydrogen (secondary N) is 3. The molecular weight excluding hydrogens is 509 g/mol. The number of anilines is 2. The number of carbonyl (C=O) groups excluding carboxylic acids is 4. The summed E-state index contributed by atoms with van der Waals surface area (Å²) in [6, 6.07) is 5.81. The van der Waals surface area contributed by atoms with E-state index in [9.17, 15) is 19.2 Å². The fourth-order valence-corrected chi connectivity index (χ4v) is 3.77. The zero-order valence-corrected chi connectivity index (χ0v) is 21.5. The Kier molecular flexibility index (Phi) is 10.9. The molecule has 0 aliphatic carbocycles. The van der Waals surface area contributed by atoms with Crippen molar-refractivity contribution in [1.29, 1.82) is 0 Å². The first-order chi connectivity index (χ1) is 16.7. The summed E-state index contributed by atoms with van der Waals surface area (Å²) in [5.41, 5.74) is 1.05. The fourth-order valence-electron chi connectivity index (χ4n) is 3.65. The Hall–Kier alpha value is -3.44. The molecule has 2 aromatic rings. The number of amides is 4. The first-order valence-corrected chi connectivity index (χ1v) is 11.5. The summed E-state index contributed by atoms with van der Waals surface area (Å²) in [6.07, 6.45) is 6.04. The molecule has 2 aromatic heterocycles. The minimum absolute atomic E-state index is 0. The number of hydrogen-bond acceptors (Lipinski definition) is 7. The van der Waals surface area contributed by atoms with Crippen molar-refractivity contribution in [3.05, 3.63) is 47.9 Å². The van der Waals surface area contributed by atoms with Gasteiger partial charge in [0, 0.05) is 63.9 Å². The first-order valence-electron chi connectivity index (χ1n) is 11.1. The van der Waals surface area contributed by atoms with Crippen LogP contribution in [-0.4, -0.2) is 78.3 Å². The van der Waals surface area contributed by atoms with Crippen molar-refractivity contribution < 1.29 is 19.2 Å². The van der Waals surface area contributed by atoms with Crippen molar-refractivity contribution in [1.82, 2.24) is 25.5 Å². The van der Waals surface area contributed by atoms with E-state index in [1.165, 1.54) is 23.2 Å². The van der Waals surface area contributed by atoms with E-state index in [2.05, 4.69) is 30.8 Å². The molecule has 194 valence electrons. The summed E-state index contributed by atoms with van der Waals surface area (Å²) in [4.78, 5) is 61.3. The molecule has 36 heavy (non-hydrogen) atoms. The maximum Gasteiger partial charge on any atom is 0.314 e. The highest BCUT2D eigenvalue weighted by Gasteiger charge is 2.30. The molecule has 0 spiro atoms. The van der Waals surface area contributed by atoms with Crippen molar-refractivity contribution in [2.45, 2.75) is 18.9 Å². The topological polar surface area (TPSA) is 137 Å². The van der Waals surface area contributed by atoms with Gasteiger partial charge in [-0.3, -0.25) is 24.2 Å². The number of likely N-dealkylation sites (N-methyl/N-ethyl adjacent to an activating group) is 1. The molecular formula is C23H29Cl2N7O4. The van der Waals surface area contributed by atoms with Gasteiger partial charge in [0.2, 0.25) is 11.8 Å². The molecule has 0 aromatic carbocycles. The summed E-state index contributed by atoms with van der Waals surface area (Å²) in [7, 11) is 3.10. The van der Waals surface area contributed by atoms with Gasteiger partial charge in [-0.15, -0.1) is 12.4 Å². The first kappa shape index (κ1) is 28.8. The van der Waals surface area contributed by atoms with E-state index in [4.69, 9.17) is 11.6 Å². The predicted octanol–water partition coefficient (Wildman–Crippen LogP) is 1.10. The SMILES string of the molecule is CN(C)C(=O)[C@H](CNC(=O)C(=O)Nc1ccc(Cl)cn1)NC(=O)C1CCN(c2ccncc2)CC1.Cl. The van der Waals surface area contributed by atoms with Gasteiger partial charge in [-0.05, 0) is 37.1 Å². The van der Waals surface area contributed by atoms with Crippen LogP contribution in [0.25, 0.3) is 0 Å². The lowest BCUT2D eigenvalue weighted by Crippen LogP contribution is -2.55. The Labute approximate surface area is 220 Å². The Morgan fingerprint density at radius 2 is 1.75 bits per heavy atom. The Morgan fingerprint density at radius 1 is 1.08 bits per heavy atom. The van der Waals surface area contributed by atoms with Crippen LogP contribution in [-0.2, 0) is 19.2 Å². The average molecular weight is 538 g/mol. The van der Waals surface area contributed by atoms with Gasteiger partial charge >= 0.3 is 11.8 Å². The second-order valence-electron chi connectivity index (χ2n) is 8.29. The maximum absolute atomic E-state index is 12.9. The van der Waals surface area contributed by atoms with E-state index >= 15 is 0 Å². The van der Waals surface area contributed by atoms with Crippen molar-refractivity contribution in [3.63, 3.8) is 0 Å². The summed E-state index contributed by atoms with van der Waals surface area (Å²) in [5.74, 6) is -2.68. The number of rotatable bonds is 7. The number of hydrogen-bond donors (Lipinski definition) is 3. The molecule has 0 saturated carbocycles. The monoisotopic (exact) mass is 537 g/mol. The van der Waals surface area contributed by atoms with E-state index in [1.54, 1.807) is 26.5 Å². The van der Waals surface area contributed by atoms with Gasteiger partial charge in [0.1, 0.15) is 11.9 Å². The molecule has 0 radical (unpaired) electrons. The molecule has 11 nitrogen and oxygen atoms in total.